The van der Waals surface area contributed by atoms with Crippen LogP contribution in [0.5, 0.6) is 5.75 Å². The highest BCUT2D eigenvalue weighted by molar-refractivity contribution is 7.89. The van der Waals surface area contributed by atoms with Crippen molar-refractivity contribution < 1.29 is 22.9 Å². The standard InChI is InChI=1S/C19H21N3O6S/c1-20(15-7-3-2-4-8-15)19(23)14-28-18-10-9-16(13-17(18)22(24)25)29(26,27)21-11-5-6-12-21/h2-4,7-10,13H,5-6,11-12,14H2,1H3. The minimum atomic E-state index is -3.79. The highest BCUT2D eigenvalue weighted by Gasteiger charge is 2.30. The molecule has 0 atom stereocenters. The molecule has 1 aliphatic rings. The van der Waals surface area contributed by atoms with Gasteiger partial charge in [0.25, 0.3) is 5.91 Å². The van der Waals surface area contributed by atoms with Gasteiger partial charge in [-0.25, -0.2) is 8.42 Å². The van der Waals surface area contributed by atoms with Crippen LogP contribution in [0.15, 0.2) is 53.4 Å². The topological polar surface area (TPSA) is 110 Å². The Bertz CT molecular complexity index is 1000. The number of amides is 1. The van der Waals surface area contributed by atoms with Crippen molar-refractivity contribution in [1.29, 1.82) is 0 Å². The number of sulfonamides is 1. The molecule has 154 valence electrons. The molecule has 1 aliphatic heterocycles. The summed E-state index contributed by atoms with van der Waals surface area (Å²) in [6, 6.07) is 12.3. The monoisotopic (exact) mass is 419 g/mol. The number of likely N-dealkylation sites (N-methyl/N-ethyl adjacent to an activating group) is 1. The lowest BCUT2D eigenvalue weighted by Gasteiger charge is -2.18. The fraction of sp³-hybridized carbons (Fsp3) is 0.316. The lowest BCUT2D eigenvalue weighted by molar-refractivity contribution is -0.386. The Balaban J connectivity index is 1.77. The largest absolute Gasteiger partial charge is 0.477 e. The van der Waals surface area contributed by atoms with Gasteiger partial charge in [0.2, 0.25) is 10.0 Å². The van der Waals surface area contributed by atoms with Gasteiger partial charge in [0.05, 0.1) is 9.82 Å². The summed E-state index contributed by atoms with van der Waals surface area (Å²) in [6.45, 7) is 0.369. The smallest absolute Gasteiger partial charge is 0.312 e. The van der Waals surface area contributed by atoms with Crippen LogP contribution in [0.1, 0.15) is 12.8 Å². The Morgan fingerprint density at radius 2 is 1.83 bits per heavy atom. The van der Waals surface area contributed by atoms with Gasteiger partial charge in [0.15, 0.2) is 12.4 Å². The van der Waals surface area contributed by atoms with Gasteiger partial charge in [-0.05, 0) is 37.1 Å². The van der Waals surface area contributed by atoms with Crippen LogP contribution in [0.25, 0.3) is 0 Å². The van der Waals surface area contributed by atoms with Gasteiger partial charge in [-0.2, -0.15) is 4.31 Å². The van der Waals surface area contributed by atoms with Crippen LogP contribution in [0.4, 0.5) is 11.4 Å². The first kappa shape index (κ1) is 20.7. The van der Waals surface area contributed by atoms with Crippen LogP contribution in [0, 0.1) is 10.1 Å². The van der Waals surface area contributed by atoms with Crippen LogP contribution in [-0.2, 0) is 14.8 Å². The number of nitrogens with zero attached hydrogens (tertiary/aromatic N) is 3. The summed E-state index contributed by atoms with van der Waals surface area (Å²) in [5, 5.41) is 11.4. The maximum atomic E-state index is 12.6. The number of benzene rings is 2. The van der Waals surface area contributed by atoms with E-state index in [-0.39, 0.29) is 10.6 Å². The van der Waals surface area contributed by atoms with Gasteiger partial charge in [-0.1, -0.05) is 18.2 Å². The second-order valence-corrected chi connectivity index (χ2v) is 8.51. The Kier molecular flexibility index (Phi) is 6.14. The zero-order valence-electron chi connectivity index (χ0n) is 15.9. The van der Waals surface area contributed by atoms with E-state index in [1.807, 2.05) is 6.07 Å². The first-order chi connectivity index (χ1) is 13.8. The molecule has 0 N–H and O–H groups in total. The molecule has 1 amide bonds. The van der Waals surface area contributed by atoms with Gasteiger partial charge >= 0.3 is 5.69 Å². The van der Waals surface area contributed by atoms with E-state index < -0.39 is 33.1 Å². The van der Waals surface area contributed by atoms with E-state index in [2.05, 4.69) is 0 Å². The van der Waals surface area contributed by atoms with E-state index in [1.54, 1.807) is 31.3 Å². The average molecular weight is 419 g/mol. The van der Waals surface area contributed by atoms with Crippen molar-refractivity contribution in [3.8, 4) is 5.75 Å². The summed E-state index contributed by atoms with van der Waals surface area (Å²) >= 11 is 0. The van der Waals surface area contributed by atoms with Crippen molar-refractivity contribution in [3.63, 3.8) is 0 Å². The predicted molar refractivity (Wildman–Crippen MR) is 106 cm³/mol. The van der Waals surface area contributed by atoms with E-state index >= 15 is 0 Å². The van der Waals surface area contributed by atoms with E-state index in [9.17, 15) is 23.3 Å². The highest BCUT2D eigenvalue weighted by atomic mass is 32.2. The maximum Gasteiger partial charge on any atom is 0.312 e. The van der Waals surface area contributed by atoms with Crippen LogP contribution in [0.3, 0.4) is 0 Å². The fourth-order valence-electron chi connectivity index (χ4n) is 3.03. The summed E-state index contributed by atoms with van der Waals surface area (Å²) in [4.78, 5) is 24.3. The quantitative estimate of drug-likeness (QED) is 0.503. The molecule has 0 radical (unpaired) electrons. The van der Waals surface area contributed by atoms with Crippen molar-refractivity contribution in [2.75, 3.05) is 31.6 Å². The first-order valence-corrected chi connectivity index (χ1v) is 10.5. The van der Waals surface area contributed by atoms with Crippen molar-refractivity contribution in [1.82, 2.24) is 4.31 Å². The SMILES string of the molecule is CN(C(=O)COc1ccc(S(=O)(=O)N2CCCC2)cc1[N+](=O)[O-])c1ccccc1. The molecule has 0 bridgehead atoms. The Morgan fingerprint density at radius 1 is 1.17 bits per heavy atom. The van der Waals surface area contributed by atoms with Gasteiger partial charge in [-0.15, -0.1) is 0 Å². The van der Waals surface area contributed by atoms with Gasteiger partial charge in [-0.3, -0.25) is 14.9 Å². The molecule has 3 rings (SSSR count). The molecule has 1 fully saturated rings. The summed E-state index contributed by atoms with van der Waals surface area (Å²) in [6.07, 6.45) is 1.53. The minimum absolute atomic E-state index is 0.161. The molecule has 0 aliphatic carbocycles. The number of ether oxygens (including phenoxy) is 1. The third kappa shape index (κ3) is 4.54. The molecule has 1 heterocycles. The number of nitro groups is 1. The first-order valence-electron chi connectivity index (χ1n) is 9.03. The molecule has 0 spiro atoms. The molecule has 9 nitrogen and oxygen atoms in total. The third-order valence-corrected chi connectivity index (χ3v) is 6.59. The van der Waals surface area contributed by atoms with E-state index in [4.69, 9.17) is 4.74 Å². The molecule has 1 saturated heterocycles. The summed E-state index contributed by atoms with van der Waals surface area (Å²) in [5.41, 5.74) is 0.156. The van der Waals surface area contributed by atoms with Crippen LogP contribution in [-0.4, -0.2) is 50.3 Å². The lowest BCUT2D eigenvalue weighted by Crippen LogP contribution is -2.31. The van der Waals surface area contributed by atoms with E-state index in [0.717, 1.165) is 18.9 Å². The summed E-state index contributed by atoms with van der Waals surface area (Å²) in [5.74, 6) is -0.565. The molecule has 29 heavy (non-hydrogen) atoms. The molecule has 10 heteroatoms. The molecule has 2 aromatic rings. The number of nitro benzene ring substituents is 1. The summed E-state index contributed by atoms with van der Waals surface area (Å²) < 4.78 is 31.9. The summed E-state index contributed by atoms with van der Waals surface area (Å²) in [7, 11) is -2.22. The fourth-order valence-corrected chi connectivity index (χ4v) is 4.57. The third-order valence-electron chi connectivity index (χ3n) is 4.70. The number of carbonyl (C=O) groups is 1. The Labute approximate surface area is 168 Å². The molecular formula is C19H21N3O6S. The molecule has 0 unspecified atom stereocenters. The lowest BCUT2D eigenvalue weighted by atomic mass is 10.3. The zero-order valence-corrected chi connectivity index (χ0v) is 16.7. The highest BCUT2D eigenvalue weighted by Crippen LogP contribution is 2.32. The second-order valence-electron chi connectivity index (χ2n) is 6.57. The number of carbonyl (C=O) groups excluding carboxylic acids is 1. The van der Waals surface area contributed by atoms with Crippen molar-refractivity contribution >= 4 is 27.3 Å². The average Bonchev–Trinajstić information content (AvgIpc) is 3.27. The minimum Gasteiger partial charge on any atom is -0.477 e. The molecule has 0 aromatic heterocycles. The number of hydrogen-bond donors (Lipinski definition) is 0. The van der Waals surface area contributed by atoms with Crippen LogP contribution >= 0.6 is 0 Å². The number of hydrogen-bond acceptors (Lipinski definition) is 6. The van der Waals surface area contributed by atoms with Gasteiger partial charge < -0.3 is 9.64 Å². The molecule has 0 saturated carbocycles. The second kappa shape index (κ2) is 8.58. The zero-order chi connectivity index (χ0) is 21.0. The van der Waals surface area contributed by atoms with Crippen molar-refractivity contribution in [2.45, 2.75) is 17.7 Å². The van der Waals surface area contributed by atoms with Crippen molar-refractivity contribution in [3.05, 3.63) is 58.6 Å². The Morgan fingerprint density at radius 3 is 2.45 bits per heavy atom. The number of para-hydroxylation sites is 1. The molecular weight excluding hydrogens is 398 g/mol. The van der Waals surface area contributed by atoms with E-state index in [0.29, 0.717) is 18.8 Å². The van der Waals surface area contributed by atoms with Gasteiger partial charge in [0.1, 0.15) is 0 Å². The normalized spacial score (nSPS) is 14.5. The van der Waals surface area contributed by atoms with Crippen LogP contribution < -0.4 is 9.64 Å². The molecule has 2 aromatic carbocycles. The van der Waals surface area contributed by atoms with Crippen LogP contribution in [0.2, 0.25) is 0 Å². The number of rotatable bonds is 7. The van der Waals surface area contributed by atoms with Crippen molar-refractivity contribution in [2.24, 2.45) is 0 Å². The Hall–Kier alpha value is -2.98. The number of anilines is 1. The maximum absolute atomic E-state index is 12.6. The predicted octanol–water partition coefficient (Wildman–Crippen LogP) is 2.42. The van der Waals surface area contributed by atoms with E-state index in [1.165, 1.54) is 21.3 Å². The van der Waals surface area contributed by atoms with Gasteiger partial charge in [0, 0.05) is 31.9 Å².